The van der Waals surface area contributed by atoms with Crippen molar-refractivity contribution in [2.24, 2.45) is 0 Å². The average Bonchev–Trinajstić information content (AvgIpc) is 3.07. The Hall–Kier alpha value is -3.75. The van der Waals surface area contributed by atoms with Gasteiger partial charge in [0.2, 0.25) is 11.8 Å². The topological polar surface area (TPSA) is 118 Å². The van der Waals surface area contributed by atoms with E-state index >= 15 is 0 Å². The highest BCUT2D eigenvalue weighted by atomic mass is 16.5. The van der Waals surface area contributed by atoms with Crippen LogP contribution in [-0.2, 0) is 33.9 Å². The minimum absolute atomic E-state index is 0.00445. The molecule has 0 aliphatic carbocycles. The number of nitrogens with zero attached hydrogens (tertiary/aromatic N) is 2. The van der Waals surface area contributed by atoms with Crippen molar-refractivity contribution in [2.75, 3.05) is 5.32 Å². The number of imide groups is 1. The SMILES string of the molecule is CCc1cc(NC(=O)OCc2ccc3c(c2)C(=O)N(C2CCC(=O)NC2=O)C3)cc(C)n1. The number of ether oxygens (including phenoxy) is 1. The minimum atomic E-state index is -0.657. The molecule has 0 saturated carbocycles. The van der Waals surface area contributed by atoms with Gasteiger partial charge in [0.25, 0.3) is 5.91 Å². The molecule has 0 bridgehead atoms. The standard InChI is InChI=1S/C23H24N4O5/c1-3-16-10-17(8-13(2)24-16)25-23(31)32-12-14-4-5-15-11-27(22(30)18(15)9-14)19-6-7-20(28)26-21(19)29/h4-5,8-10,19H,3,6-7,11-12H2,1-2H3,(H,24,25,31)(H,26,28,29). The van der Waals surface area contributed by atoms with Crippen molar-refractivity contribution in [1.82, 2.24) is 15.2 Å². The number of pyridine rings is 1. The number of benzene rings is 1. The number of anilines is 1. The van der Waals surface area contributed by atoms with Crippen molar-refractivity contribution in [2.45, 2.75) is 52.3 Å². The smallest absolute Gasteiger partial charge is 0.411 e. The van der Waals surface area contributed by atoms with Gasteiger partial charge in [-0.25, -0.2) is 4.79 Å². The summed E-state index contributed by atoms with van der Waals surface area (Å²) in [6.45, 7) is 4.15. The van der Waals surface area contributed by atoms with E-state index in [0.29, 0.717) is 29.8 Å². The predicted molar refractivity (Wildman–Crippen MR) is 115 cm³/mol. The summed E-state index contributed by atoms with van der Waals surface area (Å²) in [7, 11) is 0. The molecule has 1 atom stereocenters. The van der Waals surface area contributed by atoms with E-state index in [2.05, 4.69) is 15.6 Å². The van der Waals surface area contributed by atoms with Gasteiger partial charge in [0.1, 0.15) is 12.6 Å². The third kappa shape index (κ3) is 4.46. The number of hydrogen-bond donors (Lipinski definition) is 2. The molecule has 9 nitrogen and oxygen atoms in total. The average molecular weight is 436 g/mol. The number of aryl methyl sites for hydroxylation is 2. The summed E-state index contributed by atoms with van der Waals surface area (Å²) in [5.74, 6) is -1.03. The molecule has 1 aromatic heterocycles. The third-order valence-electron chi connectivity index (χ3n) is 5.58. The largest absolute Gasteiger partial charge is 0.444 e. The molecule has 9 heteroatoms. The summed E-state index contributed by atoms with van der Waals surface area (Å²) in [6.07, 6.45) is 0.676. The second-order valence-electron chi connectivity index (χ2n) is 7.93. The zero-order valence-electron chi connectivity index (χ0n) is 17.9. The van der Waals surface area contributed by atoms with Gasteiger partial charge in [0.15, 0.2) is 0 Å². The van der Waals surface area contributed by atoms with Gasteiger partial charge in [-0.3, -0.25) is 30.0 Å². The normalized spacial score (nSPS) is 17.8. The fourth-order valence-corrected chi connectivity index (χ4v) is 3.99. The number of piperidine rings is 1. The van der Waals surface area contributed by atoms with E-state index in [-0.39, 0.29) is 24.8 Å². The van der Waals surface area contributed by atoms with Crippen LogP contribution in [0.5, 0.6) is 0 Å². The molecule has 4 rings (SSSR count). The summed E-state index contributed by atoms with van der Waals surface area (Å²) >= 11 is 0. The van der Waals surface area contributed by atoms with Crippen LogP contribution in [-0.4, -0.2) is 39.7 Å². The molecule has 1 aromatic carbocycles. The maximum Gasteiger partial charge on any atom is 0.411 e. The van der Waals surface area contributed by atoms with Crippen LogP contribution in [0.15, 0.2) is 30.3 Å². The van der Waals surface area contributed by atoms with Gasteiger partial charge in [0.05, 0.1) is 0 Å². The minimum Gasteiger partial charge on any atom is -0.444 e. The Bertz CT molecular complexity index is 1110. The molecule has 2 aromatic rings. The number of amides is 4. The fourth-order valence-electron chi connectivity index (χ4n) is 3.99. The fraction of sp³-hybridized carbons (Fsp3) is 0.348. The Kier molecular flexibility index (Phi) is 5.89. The zero-order valence-corrected chi connectivity index (χ0v) is 17.9. The van der Waals surface area contributed by atoms with Crippen molar-refractivity contribution in [1.29, 1.82) is 0 Å². The van der Waals surface area contributed by atoms with E-state index in [9.17, 15) is 19.2 Å². The van der Waals surface area contributed by atoms with Crippen molar-refractivity contribution in [3.63, 3.8) is 0 Å². The second-order valence-corrected chi connectivity index (χ2v) is 7.93. The number of hydrogen-bond acceptors (Lipinski definition) is 6. The van der Waals surface area contributed by atoms with Crippen LogP contribution in [0.25, 0.3) is 0 Å². The lowest BCUT2D eigenvalue weighted by Gasteiger charge is -2.29. The first kappa shape index (κ1) is 21.5. The number of carbonyl (C=O) groups excluding carboxylic acids is 4. The molecule has 0 radical (unpaired) electrons. The van der Waals surface area contributed by atoms with Gasteiger partial charge >= 0.3 is 6.09 Å². The van der Waals surface area contributed by atoms with E-state index in [1.54, 1.807) is 30.3 Å². The van der Waals surface area contributed by atoms with E-state index in [0.717, 1.165) is 23.4 Å². The van der Waals surface area contributed by atoms with Crippen LogP contribution in [0.2, 0.25) is 0 Å². The van der Waals surface area contributed by atoms with E-state index in [1.165, 1.54) is 4.90 Å². The Balaban J connectivity index is 1.38. The van der Waals surface area contributed by atoms with Gasteiger partial charge in [-0.05, 0) is 49.1 Å². The third-order valence-corrected chi connectivity index (χ3v) is 5.58. The lowest BCUT2D eigenvalue weighted by molar-refractivity contribution is -0.136. The van der Waals surface area contributed by atoms with Gasteiger partial charge in [-0.15, -0.1) is 0 Å². The number of nitrogens with one attached hydrogen (secondary N) is 2. The van der Waals surface area contributed by atoms with Crippen molar-refractivity contribution in [3.8, 4) is 0 Å². The summed E-state index contributed by atoms with van der Waals surface area (Å²) in [5.41, 5.74) is 4.23. The molecule has 2 aliphatic rings. The van der Waals surface area contributed by atoms with Crippen molar-refractivity contribution in [3.05, 3.63) is 58.4 Å². The van der Waals surface area contributed by atoms with Crippen molar-refractivity contribution < 1.29 is 23.9 Å². The number of carbonyl (C=O) groups is 4. The van der Waals surface area contributed by atoms with Crippen LogP contribution in [0.3, 0.4) is 0 Å². The van der Waals surface area contributed by atoms with Gasteiger partial charge in [-0.2, -0.15) is 0 Å². The van der Waals surface area contributed by atoms with Gasteiger partial charge in [0, 0.05) is 35.6 Å². The lowest BCUT2D eigenvalue weighted by atomic mass is 10.0. The monoisotopic (exact) mass is 436 g/mol. The molecule has 3 heterocycles. The van der Waals surface area contributed by atoms with Crippen LogP contribution >= 0.6 is 0 Å². The highest BCUT2D eigenvalue weighted by Gasteiger charge is 2.39. The van der Waals surface area contributed by atoms with E-state index < -0.39 is 18.0 Å². The first-order valence-corrected chi connectivity index (χ1v) is 10.5. The molecule has 166 valence electrons. The molecular formula is C23H24N4O5. The van der Waals surface area contributed by atoms with Gasteiger partial charge in [-0.1, -0.05) is 19.1 Å². The molecule has 2 N–H and O–H groups in total. The molecule has 1 saturated heterocycles. The number of aromatic nitrogens is 1. The first-order chi connectivity index (χ1) is 15.3. The summed E-state index contributed by atoms with van der Waals surface area (Å²) in [5, 5.41) is 4.99. The highest BCUT2D eigenvalue weighted by molar-refractivity contribution is 6.05. The highest BCUT2D eigenvalue weighted by Crippen LogP contribution is 2.28. The Morgan fingerprint density at radius 3 is 2.81 bits per heavy atom. The molecule has 1 unspecified atom stereocenters. The Labute approximate surface area is 185 Å². The van der Waals surface area contributed by atoms with Crippen LogP contribution in [0.4, 0.5) is 10.5 Å². The van der Waals surface area contributed by atoms with Crippen molar-refractivity contribution >= 4 is 29.5 Å². The predicted octanol–water partition coefficient (Wildman–Crippen LogP) is 2.46. The number of rotatable bonds is 5. The molecule has 4 amide bonds. The quantitative estimate of drug-likeness (QED) is 0.696. The maximum absolute atomic E-state index is 12.9. The zero-order chi connectivity index (χ0) is 22.8. The van der Waals surface area contributed by atoms with Crippen LogP contribution in [0.1, 0.15) is 52.6 Å². The summed E-state index contributed by atoms with van der Waals surface area (Å²) < 4.78 is 5.32. The Morgan fingerprint density at radius 1 is 1.25 bits per heavy atom. The molecular weight excluding hydrogens is 412 g/mol. The van der Waals surface area contributed by atoms with E-state index in [4.69, 9.17) is 4.74 Å². The van der Waals surface area contributed by atoms with Crippen LogP contribution in [0, 0.1) is 6.92 Å². The molecule has 1 fully saturated rings. The first-order valence-electron chi connectivity index (χ1n) is 10.5. The van der Waals surface area contributed by atoms with E-state index in [1.807, 2.05) is 13.8 Å². The molecule has 32 heavy (non-hydrogen) atoms. The maximum atomic E-state index is 12.9. The molecule has 2 aliphatic heterocycles. The number of fused-ring (bicyclic) bond motifs is 1. The Morgan fingerprint density at radius 2 is 2.06 bits per heavy atom. The van der Waals surface area contributed by atoms with Crippen LogP contribution < -0.4 is 10.6 Å². The van der Waals surface area contributed by atoms with Gasteiger partial charge < -0.3 is 9.64 Å². The summed E-state index contributed by atoms with van der Waals surface area (Å²) in [4.78, 5) is 54.5. The molecule has 0 spiro atoms. The lowest BCUT2D eigenvalue weighted by Crippen LogP contribution is -2.52. The summed E-state index contributed by atoms with van der Waals surface area (Å²) in [6, 6.07) is 8.18. The second kappa shape index (κ2) is 8.78.